The van der Waals surface area contributed by atoms with Crippen LogP contribution >= 0.6 is 11.6 Å². The van der Waals surface area contributed by atoms with Crippen LogP contribution in [-0.2, 0) is 9.59 Å². The molecule has 4 fully saturated rings. The number of carbonyl (C=O) groups is 2. The first-order valence-corrected chi connectivity index (χ1v) is 9.89. The average Bonchev–Trinajstić information content (AvgIpc) is 3.09. The van der Waals surface area contributed by atoms with Crippen LogP contribution in [0.15, 0.2) is 18.2 Å². The van der Waals surface area contributed by atoms with Gasteiger partial charge in [-0.05, 0) is 31.4 Å². The van der Waals surface area contributed by atoms with Gasteiger partial charge < -0.3 is 15.4 Å². The maximum Gasteiger partial charge on any atom is 0.258 e. The molecule has 0 aromatic heterocycles. The van der Waals surface area contributed by atoms with Crippen molar-refractivity contribution in [2.24, 2.45) is 5.92 Å². The van der Waals surface area contributed by atoms with E-state index in [-0.39, 0.29) is 46.2 Å². The van der Waals surface area contributed by atoms with Crippen molar-refractivity contribution in [1.29, 1.82) is 0 Å². The summed E-state index contributed by atoms with van der Waals surface area (Å²) >= 11 is 5.62. The van der Waals surface area contributed by atoms with Crippen molar-refractivity contribution in [2.75, 3.05) is 26.2 Å². The Morgan fingerprint density at radius 3 is 2.68 bits per heavy atom. The molecule has 0 spiro atoms. The molecule has 2 amide bonds. The third-order valence-corrected chi connectivity index (χ3v) is 6.15. The number of hydrogen-bond donors (Lipinski definition) is 3. The van der Waals surface area contributed by atoms with Crippen LogP contribution in [0.3, 0.4) is 0 Å². The van der Waals surface area contributed by atoms with Gasteiger partial charge in [0.05, 0.1) is 10.9 Å². The molecule has 1 aromatic rings. The summed E-state index contributed by atoms with van der Waals surface area (Å²) < 4.78 is 18.7. The predicted molar refractivity (Wildman–Crippen MR) is 101 cm³/mol. The van der Waals surface area contributed by atoms with Gasteiger partial charge in [-0.25, -0.2) is 9.40 Å². The third kappa shape index (κ3) is 3.68. The Labute approximate surface area is 167 Å². The number of nitrogens with one attached hydrogen (secondary N) is 3. The van der Waals surface area contributed by atoms with Gasteiger partial charge in [0.1, 0.15) is 11.6 Å². The molecule has 4 aliphatic rings. The highest BCUT2D eigenvalue weighted by Gasteiger charge is 2.69. The van der Waals surface area contributed by atoms with Crippen molar-refractivity contribution in [3.8, 4) is 5.75 Å². The second-order valence-corrected chi connectivity index (χ2v) is 8.50. The van der Waals surface area contributed by atoms with E-state index < -0.39 is 5.82 Å². The van der Waals surface area contributed by atoms with Crippen LogP contribution in [-0.4, -0.2) is 54.1 Å². The molecule has 1 aliphatic heterocycles. The van der Waals surface area contributed by atoms with E-state index in [0.717, 1.165) is 38.4 Å². The Kier molecular flexibility index (Phi) is 4.97. The highest BCUT2D eigenvalue weighted by Crippen LogP contribution is 2.60. The molecule has 1 atom stereocenters. The van der Waals surface area contributed by atoms with Gasteiger partial charge in [-0.3, -0.25) is 15.0 Å². The number of benzene rings is 1. The van der Waals surface area contributed by atoms with Crippen molar-refractivity contribution >= 4 is 23.4 Å². The van der Waals surface area contributed by atoms with Gasteiger partial charge >= 0.3 is 0 Å². The summed E-state index contributed by atoms with van der Waals surface area (Å²) in [4.78, 5) is 24.6. The second kappa shape index (κ2) is 7.17. The van der Waals surface area contributed by atoms with Crippen LogP contribution in [0.1, 0.15) is 26.2 Å². The number of amides is 2. The van der Waals surface area contributed by atoms with E-state index in [1.54, 1.807) is 0 Å². The topological polar surface area (TPSA) is 82.7 Å². The summed E-state index contributed by atoms with van der Waals surface area (Å²) in [6.07, 6.45) is 2.22. The zero-order valence-electron chi connectivity index (χ0n) is 15.7. The lowest BCUT2D eigenvalue weighted by Crippen LogP contribution is -2.84. The molecule has 28 heavy (non-hydrogen) atoms. The average molecular weight is 411 g/mol. The summed E-state index contributed by atoms with van der Waals surface area (Å²) in [6.45, 7) is 4.12. The summed E-state index contributed by atoms with van der Waals surface area (Å²) in [5.41, 5.74) is 2.79. The normalized spacial score (nSPS) is 30.9. The lowest BCUT2D eigenvalue weighted by atomic mass is 9.44. The minimum atomic E-state index is -0.587. The third-order valence-electron chi connectivity index (χ3n) is 5.84. The molecule has 5 rings (SSSR count). The Bertz CT molecular complexity index is 786. The largest absolute Gasteiger partial charge is 0.484 e. The van der Waals surface area contributed by atoms with Gasteiger partial charge in [0, 0.05) is 36.8 Å². The fourth-order valence-electron chi connectivity index (χ4n) is 4.51. The molecular formula is C19H24ClFN4O3. The van der Waals surface area contributed by atoms with Crippen LogP contribution in [0.25, 0.3) is 0 Å². The second-order valence-electron chi connectivity index (χ2n) is 8.09. The maximum absolute atomic E-state index is 13.4. The minimum absolute atomic E-state index is 0.00815. The number of halogens is 2. The van der Waals surface area contributed by atoms with E-state index in [2.05, 4.69) is 16.1 Å². The van der Waals surface area contributed by atoms with Crippen LogP contribution in [0.2, 0.25) is 5.02 Å². The number of hydrazine groups is 1. The predicted octanol–water partition coefficient (Wildman–Crippen LogP) is 1.22. The first-order chi connectivity index (χ1) is 13.3. The number of ether oxygens (including phenoxy) is 1. The Balaban J connectivity index is 1.19. The van der Waals surface area contributed by atoms with Crippen molar-refractivity contribution in [1.82, 2.24) is 21.1 Å². The van der Waals surface area contributed by atoms with Crippen LogP contribution in [0.5, 0.6) is 5.75 Å². The van der Waals surface area contributed by atoms with E-state index in [1.807, 2.05) is 11.9 Å². The minimum Gasteiger partial charge on any atom is -0.484 e. The van der Waals surface area contributed by atoms with Gasteiger partial charge in [-0.1, -0.05) is 18.5 Å². The SMILES string of the molecule is CCN1CC(C(=O)NC23CC(NC(=O)COc4ccc(Cl)c(F)c4)(C2)C3)CN1. The smallest absolute Gasteiger partial charge is 0.258 e. The maximum atomic E-state index is 13.4. The van der Waals surface area contributed by atoms with E-state index in [0.29, 0.717) is 6.54 Å². The first kappa shape index (κ1) is 19.4. The fourth-order valence-corrected chi connectivity index (χ4v) is 4.63. The Morgan fingerprint density at radius 2 is 2.04 bits per heavy atom. The van der Waals surface area contributed by atoms with E-state index >= 15 is 0 Å². The molecule has 3 N–H and O–H groups in total. The molecule has 1 heterocycles. The molecule has 7 nitrogen and oxygen atoms in total. The van der Waals surface area contributed by atoms with Gasteiger partial charge in [0.15, 0.2) is 6.61 Å². The van der Waals surface area contributed by atoms with Crippen molar-refractivity contribution in [3.05, 3.63) is 29.0 Å². The highest BCUT2D eigenvalue weighted by molar-refractivity contribution is 6.30. The standard InChI is InChI=1S/C19H24ClFN4O3/c1-2-25-7-12(6-22-25)17(27)24-19-9-18(10-19,11-19)23-16(26)8-28-13-3-4-14(20)15(21)5-13/h3-5,12,22H,2,6-11H2,1H3,(H,23,26)(H,24,27). The molecule has 3 aliphatic carbocycles. The molecular weight excluding hydrogens is 387 g/mol. The summed E-state index contributed by atoms with van der Waals surface area (Å²) in [5, 5.41) is 8.20. The number of hydrogen-bond acceptors (Lipinski definition) is 5. The van der Waals surface area contributed by atoms with Crippen molar-refractivity contribution < 1.29 is 18.7 Å². The highest BCUT2D eigenvalue weighted by atomic mass is 35.5. The van der Waals surface area contributed by atoms with Gasteiger partial charge in [0.2, 0.25) is 5.91 Å². The van der Waals surface area contributed by atoms with Crippen LogP contribution in [0, 0.1) is 11.7 Å². The molecule has 152 valence electrons. The van der Waals surface area contributed by atoms with E-state index in [4.69, 9.17) is 16.3 Å². The number of nitrogens with zero attached hydrogens (tertiary/aromatic N) is 1. The molecule has 0 radical (unpaired) electrons. The zero-order valence-corrected chi connectivity index (χ0v) is 16.4. The molecule has 2 bridgehead atoms. The Morgan fingerprint density at radius 1 is 1.32 bits per heavy atom. The van der Waals surface area contributed by atoms with Crippen molar-refractivity contribution in [2.45, 2.75) is 37.3 Å². The zero-order chi connectivity index (χ0) is 19.9. The summed E-state index contributed by atoms with van der Waals surface area (Å²) in [6, 6.07) is 4.05. The molecule has 9 heteroatoms. The quantitative estimate of drug-likeness (QED) is 0.629. The number of carbonyl (C=O) groups excluding carboxylic acids is 2. The number of rotatable bonds is 7. The van der Waals surface area contributed by atoms with Gasteiger partial charge in [0.25, 0.3) is 5.91 Å². The van der Waals surface area contributed by atoms with Gasteiger partial charge in [-0.15, -0.1) is 0 Å². The van der Waals surface area contributed by atoms with Gasteiger partial charge in [-0.2, -0.15) is 0 Å². The lowest BCUT2D eigenvalue weighted by Gasteiger charge is -2.70. The van der Waals surface area contributed by atoms with Crippen molar-refractivity contribution in [3.63, 3.8) is 0 Å². The fraction of sp³-hybridized carbons (Fsp3) is 0.579. The summed E-state index contributed by atoms with van der Waals surface area (Å²) in [7, 11) is 0. The molecule has 1 saturated heterocycles. The summed E-state index contributed by atoms with van der Waals surface area (Å²) in [5.74, 6) is -0.543. The molecule has 1 aromatic carbocycles. The monoisotopic (exact) mass is 410 g/mol. The van der Waals surface area contributed by atoms with Crippen LogP contribution in [0.4, 0.5) is 4.39 Å². The molecule has 1 unspecified atom stereocenters. The first-order valence-electron chi connectivity index (χ1n) is 9.51. The lowest BCUT2D eigenvalue weighted by molar-refractivity contribution is -0.152. The van der Waals surface area contributed by atoms with E-state index in [1.165, 1.54) is 12.1 Å². The van der Waals surface area contributed by atoms with Crippen LogP contribution < -0.4 is 20.8 Å². The van der Waals surface area contributed by atoms with E-state index in [9.17, 15) is 14.0 Å². The Hall–Kier alpha value is -1.90. The molecule has 3 saturated carbocycles.